The van der Waals surface area contributed by atoms with Crippen LogP contribution in [0.15, 0.2) is 24.3 Å². The third-order valence-corrected chi connectivity index (χ3v) is 3.09. The molecule has 0 saturated heterocycles. The Labute approximate surface area is 91.9 Å². The summed E-state index contributed by atoms with van der Waals surface area (Å²) in [5.74, 6) is 0.0669. The molecule has 0 bridgehead atoms. The maximum Gasteiger partial charge on any atom is 0.416 e. The minimum absolute atomic E-state index is 0.0669. The van der Waals surface area contributed by atoms with Gasteiger partial charge < -0.3 is 5.11 Å². The van der Waals surface area contributed by atoms with Gasteiger partial charge in [-0.3, -0.25) is 0 Å². The summed E-state index contributed by atoms with van der Waals surface area (Å²) in [6.45, 7) is 0. The van der Waals surface area contributed by atoms with Crippen LogP contribution in [0.5, 0.6) is 0 Å². The van der Waals surface area contributed by atoms with Gasteiger partial charge in [-0.25, -0.2) is 0 Å². The molecule has 1 nitrogen and oxygen atoms in total. The molecule has 2 unspecified atom stereocenters. The van der Waals surface area contributed by atoms with Gasteiger partial charge in [0.05, 0.1) is 11.7 Å². The second-order valence-corrected chi connectivity index (χ2v) is 4.29. The summed E-state index contributed by atoms with van der Waals surface area (Å²) < 4.78 is 37.4. The van der Waals surface area contributed by atoms with Crippen molar-refractivity contribution in [1.29, 1.82) is 0 Å². The second kappa shape index (κ2) is 4.09. The van der Waals surface area contributed by atoms with Crippen LogP contribution in [0.1, 0.15) is 36.3 Å². The van der Waals surface area contributed by atoms with E-state index in [9.17, 15) is 18.3 Å². The van der Waals surface area contributed by atoms with E-state index in [0.717, 1.165) is 12.5 Å². The van der Waals surface area contributed by atoms with Crippen molar-refractivity contribution in [3.8, 4) is 0 Å². The van der Waals surface area contributed by atoms with E-state index in [4.69, 9.17) is 0 Å². The smallest absolute Gasteiger partial charge is 0.393 e. The van der Waals surface area contributed by atoms with Crippen LogP contribution in [0.25, 0.3) is 0 Å². The Hall–Kier alpha value is -1.03. The topological polar surface area (TPSA) is 20.2 Å². The van der Waals surface area contributed by atoms with Crippen molar-refractivity contribution in [2.45, 2.75) is 37.5 Å². The summed E-state index contributed by atoms with van der Waals surface area (Å²) in [5.41, 5.74) is 0.0813. The van der Waals surface area contributed by atoms with Gasteiger partial charge in [0.15, 0.2) is 0 Å². The number of aliphatic hydroxyl groups excluding tert-OH is 1. The van der Waals surface area contributed by atoms with Crippen LogP contribution in [0.2, 0.25) is 0 Å². The first-order valence-electron chi connectivity index (χ1n) is 5.32. The van der Waals surface area contributed by atoms with E-state index in [2.05, 4.69) is 0 Å². The highest BCUT2D eigenvalue weighted by Gasteiger charge is 2.32. The van der Waals surface area contributed by atoms with Gasteiger partial charge in [0.25, 0.3) is 0 Å². The van der Waals surface area contributed by atoms with Crippen molar-refractivity contribution in [2.24, 2.45) is 0 Å². The first-order chi connectivity index (χ1) is 7.47. The molecule has 0 radical (unpaired) electrons. The molecule has 2 atom stereocenters. The highest BCUT2D eigenvalue weighted by molar-refractivity contribution is 5.29. The number of rotatable bonds is 1. The Kier molecular flexibility index (Phi) is 2.93. The maximum atomic E-state index is 12.5. The molecule has 16 heavy (non-hydrogen) atoms. The maximum absolute atomic E-state index is 12.5. The molecule has 1 aliphatic rings. The van der Waals surface area contributed by atoms with E-state index in [0.29, 0.717) is 18.4 Å². The molecule has 0 aromatic heterocycles. The van der Waals surface area contributed by atoms with Gasteiger partial charge in [0.1, 0.15) is 0 Å². The van der Waals surface area contributed by atoms with Gasteiger partial charge >= 0.3 is 6.18 Å². The first kappa shape index (κ1) is 11.5. The fourth-order valence-electron chi connectivity index (χ4n) is 2.23. The van der Waals surface area contributed by atoms with E-state index in [1.54, 1.807) is 6.07 Å². The largest absolute Gasteiger partial charge is 0.416 e. The number of alkyl halides is 3. The third-order valence-electron chi connectivity index (χ3n) is 3.09. The van der Waals surface area contributed by atoms with Crippen molar-refractivity contribution in [2.75, 3.05) is 0 Å². The Morgan fingerprint density at radius 1 is 1.19 bits per heavy atom. The van der Waals surface area contributed by atoms with Crippen LogP contribution in [0.3, 0.4) is 0 Å². The quantitative estimate of drug-likeness (QED) is 0.784. The fourth-order valence-corrected chi connectivity index (χ4v) is 2.23. The Morgan fingerprint density at radius 3 is 2.50 bits per heavy atom. The zero-order valence-electron chi connectivity index (χ0n) is 8.67. The molecular weight excluding hydrogens is 217 g/mol. The lowest BCUT2D eigenvalue weighted by Gasteiger charge is -2.13. The molecule has 2 rings (SSSR count). The lowest BCUT2D eigenvalue weighted by atomic mass is 9.96. The summed E-state index contributed by atoms with van der Waals surface area (Å²) in [6.07, 6.45) is -2.63. The summed E-state index contributed by atoms with van der Waals surface area (Å²) in [5, 5.41) is 9.37. The van der Waals surface area contributed by atoms with Crippen molar-refractivity contribution >= 4 is 0 Å². The minimum atomic E-state index is -4.28. The molecule has 1 aliphatic carbocycles. The Balaban J connectivity index is 2.23. The Bertz CT molecular complexity index is 373. The number of hydrogen-bond acceptors (Lipinski definition) is 1. The molecule has 0 heterocycles. The SMILES string of the molecule is OC1CCC(c2cccc(C(F)(F)F)c2)C1. The summed E-state index contributed by atoms with van der Waals surface area (Å²) >= 11 is 0. The predicted molar refractivity (Wildman–Crippen MR) is 54.0 cm³/mol. The van der Waals surface area contributed by atoms with Crippen LogP contribution in [0.4, 0.5) is 13.2 Å². The van der Waals surface area contributed by atoms with Crippen LogP contribution in [-0.4, -0.2) is 11.2 Å². The van der Waals surface area contributed by atoms with Gasteiger partial charge in [-0.1, -0.05) is 18.2 Å². The molecule has 0 aliphatic heterocycles. The molecular formula is C12H13F3O. The molecule has 1 fully saturated rings. The monoisotopic (exact) mass is 230 g/mol. The molecule has 4 heteroatoms. The van der Waals surface area contributed by atoms with Crippen molar-refractivity contribution in [3.05, 3.63) is 35.4 Å². The van der Waals surface area contributed by atoms with Crippen molar-refractivity contribution in [1.82, 2.24) is 0 Å². The summed E-state index contributed by atoms with van der Waals surface area (Å²) in [6, 6.07) is 5.42. The highest BCUT2D eigenvalue weighted by Crippen LogP contribution is 2.37. The summed E-state index contributed by atoms with van der Waals surface area (Å²) in [7, 11) is 0. The van der Waals surface area contributed by atoms with E-state index in [1.165, 1.54) is 12.1 Å². The van der Waals surface area contributed by atoms with Crippen molar-refractivity contribution in [3.63, 3.8) is 0 Å². The molecule has 0 amide bonds. The molecule has 1 N–H and O–H groups in total. The van der Waals surface area contributed by atoms with Gasteiger partial charge in [0, 0.05) is 0 Å². The van der Waals surface area contributed by atoms with Gasteiger partial charge in [-0.05, 0) is 36.8 Å². The summed E-state index contributed by atoms with van der Waals surface area (Å²) in [4.78, 5) is 0. The van der Waals surface area contributed by atoms with Crippen LogP contribution < -0.4 is 0 Å². The van der Waals surface area contributed by atoms with Gasteiger partial charge in [-0.2, -0.15) is 13.2 Å². The molecule has 1 aromatic carbocycles. The Morgan fingerprint density at radius 2 is 1.94 bits per heavy atom. The van der Waals surface area contributed by atoms with Gasteiger partial charge in [0.2, 0.25) is 0 Å². The van der Waals surface area contributed by atoms with Crippen LogP contribution >= 0.6 is 0 Å². The van der Waals surface area contributed by atoms with Crippen LogP contribution in [-0.2, 0) is 6.18 Å². The number of halogens is 3. The van der Waals surface area contributed by atoms with Crippen molar-refractivity contribution < 1.29 is 18.3 Å². The highest BCUT2D eigenvalue weighted by atomic mass is 19.4. The number of hydrogen-bond donors (Lipinski definition) is 1. The average Bonchev–Trinajstić information content (AvgIpc) is 2.64. The van der Waals surface area contributed by atoms with Gasteiger partial charge in [-0.15, -0.1) is 0 Å². The first-order valence-corrected chi connectivity index (χ1v) is 5.32. The zero-order chi connectivity index (χ0) is 11.8. The standard InChI is InChI=1S/C12H13F3O/c13-12(14,15)10-3-1-2-8(6-10)9-4-5-11(16)7-9/h1-3,6,9,11,16H,4-5,7H2. The predicted octanol–water partition coefficient (Wildman–Crippen LogP) is 3.33. The molecule has 1 aromatic rings. The van der Waals surface area contributed by atoms with E-state index >= 15 is 0 Å². The normalized spacial score (nSPS) is 26.0. The fraction of sp³-hybridized carbons (Fsp3) is 0.500. The molecule has 88 valence electrons. The zero-order valence-corrected chi connectivity index (χ0v) is 8.67. The van der Waals surface area contributed by atoms with E-state index in [1.807, 2.05) is 0 Å². The lowest BCUT2D eigenvalue weighted by Crippen LogP contribution is -2.06. The van der Waals surface area contributed by atoms with Crippen LogP contribution in [0, 0.1) is 0 Å². The average molecular weight is 230 g/mol. The second-order valence-electron chi connectivity index (χ2n) is 4.29. The molecule has 0 spiro atoms. The molecule has 1 saturated carbocycles. The van der Waals surface area contributed by atoms with E-state index < -0.39 is 11.7 Å². The number of aliphatic hydroxyl groups is 1. The lowest BCUT2D eigenvalue weighted by molar-refractivity contribution is -0.137. The number of benzene rings is 1. The minimum Gasteiger partial charge on any atom is -0.393 e. The van der Waals surface area contributed by atoms with E-state index in [-0.39, 0.29) is 12.0 Å². The third kappa shape index (κ3) is 2.38.